The van der Waals surface area contributed by atoms with E-state index in [1.54, 1.807) is 43.7 Å². The van der Waals surface area contributed by atoms with Crippen molar-refractivity contribution >= 4 is 33.9 Å². The number of nitrogens with one attached hydrogen (secondary N) is 2. The van der Waals surface area contributed by atoms with Crippen molar-refractivity contribution in [1.82, 2.24) is 20.3 Å². The number of anilines is 1. The zero-order valence-corrected chi connectivity index (χ0v) is 22.7. The summed E-state index contributed by atoms with van der Waals surface area (Å²) in [5, 5.41) is 7.70. The second kappa shape index (κ2) is 12.8. The minimum Gasteiger partial charge on any atom is -0.343 e. The first kappa shape index (κ1) is 27.5. The van der Waals surface area contributed by atoms with Gasteiger partial charge < -0.3 is 10.6 Å². The SMILES string of the molecule is C/C=C(/C(=O)NCC(=O)Nc1nc(-c2cccc(-c3ccncc3)c2)cs1)c1ncccc1C(CC)[N+](C)=O. The summed E-state index contributed by atoms with van der Waals surface area (Å²) < 4.78 is 0.858. The van der Waals surface area contributed by atoms with Crippen LogP contribution in [0.5, 0.6) is 0 Å². The molecule has 0 aliphatic rings. The van der Waals surface area contributed by atoms with Crippen molar-refractivity contribution in [3.05, 3.63) is 94.7 Å². The van der Waals surface area contributed by atoms with Crippen molar-refractivity contribution in [1.29, 1.82) is 0 Å². The largest absolute Gasteiger partial charge is 0.343 e. The summed E-state index contributed by atoms with van der Waals surface area (Å²) in [5.74, 6) is -0.860. The number of nitrogens with zero attached hydrogens (tertiary/aromatic N) is 4. The second-order valence-electron chi connectivity index (χ2n) is 8.70. The van der Waals surface area contributed by atoms with Crippen molar-refractivity contribution in [3.63, 3.8) is 0 Å². The Labute approximate surface area is 230 Å². The van der Waals surface area contributed by atoms with Gasteiger partial charge in [0, 0.05) is 45.6 Å². The summed E-state index contributed by atoms with van der Waals surface area (Å²) in [4.78, 5) is 50.7. The third-order valence-electron chi connectivity index (χ3n) is 6.14. The summed E-state index contributed by atoms with van der Waals surface area (Å²) in [5.41, 5.74) is 5.13. The molecule has 0 fully saturated rings. The molecule has 9 nitrogen and oxygen atoms in total. The molecule has 3 heterocycles. The standard InChI is InChI=1S/C29H28N6O3S/c1-4-22(27-23(10-7-13-31-27)25(5-2)35(3)38)28(37)32-17-26(36)34-29-33-24(18-39-29)21-9-6-8-20(16-21)19-11-14-30-15-12-19/h4,6-16,18,25H,5,17H2,1-3H3,(H-,32,33,34,36,37)/p+1/b22-4+. The lowest BCUT2D eigenvalue weighted by molar-refractivity contribution is -0.565. The van der Waals surface area contributed by atoms with Crippen molar-refractivity contribution in [3.8, 4) is 22.4 Å². The molecule has 0 radical (unpaired) electrons. The molecular formula is C29H29N6O3S+. The van der Waals surface area contributed by atoms with Gasteiger partial charge >= 0.3 is 0 Å². The summed E-state index contributed by atoms with van der Waals surface area (Å²) in [6, 6.07) is 15.0. The molecule has 2 N–H and O–H groups in total. The lowest BCUT2D eigenvalue weighted by Gasteiger charge is -2.13. The number of hydrogen-bond donors (Lipinski definition) is 2. The highest BCUT2D eigenvalue weighted by Crippen LogP contribution is 2.29. The molecule has 0 saturated carbocycles. The van der Waals surface area contributed by atoms with Crippen molar-refractivity contribution in [2.75, 3.05) is 18.9 Å². The van der Waals surface area contributed by atoms with E-state index in [9.17, 15) is 14.5 Å². The molecule has 0 aliphatic heterocycles. The maximum atomic E-state index is 13.0. The molecule has 0 aliphatic carbocycles. The van der Waals surface area contributed by atoms with Crippen LogP contribution in [0, 0.1) is 4.91 Å². The maximum Gasteiger partial charge on any atom is 0.253 e. The Hall–Kier alpha value is -4.57. The Kier molecular flexibility index (Phi) is 9.01. The highest BCUT2D eigenvalue weighted by molar-refractivity contribution is 7.14. The number of amides is 2. The van der Waals surface area contributed by atoms with Gasteiger partial charge in [0.05, 0.1) is 29.1 Å². The van der Waals surface area contributed by atoms with Crippen LogP contribution in [0.3, 0.4) is 0 Å². The number of thiazole rings is 1. The molecule has 1 aromatic carbocycles. The van der Waals surface area contributed by atoms with Crippen molar-refractivity contribution in [2.45, 2.75) is 26.3 Å². The van der Waals surface area contributed by atoms with Crippen LogP contribution in [0.2, 0.25) is 0 Å². The van der Waals surface area contributed by atoms with E-state index in [1.807, 2.05) is 48.7 Å². The Morgan fingerprint density at radius 2 is 1.82 bits per heavy atom. The van der Waals surface area contributed by atoms with Gasteiger partial charge in [-0.25, -0.2) is 4.98 Å². The summed E-state index contributed by atoms with van der Waals surface area (Å²) in [6.07, 6.45) is 7.26. The molecule has 3 aromatic heterocycles. The van der Waals surface area contributed by atoms with Crippen molar-refractivity contribution in [2.24, 2.45) is 0 Å². The van der Waals surface area contributed by atoms with E-state index in [1.165, 1.54) is 18.4 Å². The quantitative estimate of drug-likeness (QED) is 0.208. The number of pyridine rings is 2. The minimum absolute atomic E-state index is 0.247. The highest BCUT2D eigenvalue weighted by Gasteiger charge is 2.28. The number of rotatable bonds is 10. The van der Waals surface area contributed by atoms with E-state index in [4.69, 9.17) is 0 Å². The zero-order chi connectivity index (χ0) is 27.8. The Bertz CT molecular complexity index is 1520. The van der Waals surface area contributed by atoms with Crippen LogP contribution in [0.4, 0.5) is 5.13 Å². The van der Waals surface area contributed by atoms with Crippen LogP contribution in [0.25, 0.3) is 28.0 Å². The van der Waals surface area contributed by atoms with E-state index in [-0.39, 0.29) is 6.54 Å². The average molecular weight is 542 g/mol. The lowest BCUT2D eigenvalue weighted by atomic mass is 9.97. The molecule has 4 aromatic rings. The second-order valence-corrected chi connectivity index (χ2v) is 9.56. The molecular weight excluding hydrogens is 512 g/mol. The molecule has 2 amide bonds. The minimum atomic E-state index is -0.455. The molecule has 10 heteroatoms. The summed E-state index contributed by atoms with van der Waals surface area (Å²) >= 11 is 1.31. The van der Waals surface area contributed by atoms with Crippen LogP contribution in [-0.4, -0.2) is 45.1 Å². The van der Waals surface area contributed by atoms with Crippen LogP contribution in [0.1, 0.15) is 37.6 Å². The summed E-state index contributed by atoms with van der Waals surface area (Å²) in [7, 11) is 1.45. The molecule has 0 saturated heterocycles. The van der Waals surface area contributed by atoms with Crippen LogP contribution < -0.4 is 10.6 Å². The number of aromatic nitrogens is 3. The van der Waals surface area contributed by atoms with Gasteiger partial charge in [-0.3, -0.25) is 19.6 Å². The third-order valence-corrected chi connectivity index (χ3v) is 6.90. The van der Waals surface area contributed by atoms with Gasteiger partial charge in [-0.2, -0.15) is 0 Å². The van der Waals surface area contributed by atoms with Crippen LogP contribution >= 0.6 is 11.3 Å². The topological polar surface area (TPSA) is 117 Å². The number of nitroso groups, excluding NO2 is 1. The van der Waals surface area contributed by atoms with E-state index < -0.39 is 17.9 Å². The fraction of sp³-hybridized carbons (Fsp3) is 0.207. The van der Waals surface area contributed by atoms with Gasteiger partial charge in [-0.1, -0.05) is 31.2 Å². The number of benzene rings is 1. The predicted octanol–water partition coefficient (Wildman–Crippen LogP) is 5.29. The fourth-order valence-electron chi connectivity index (χ4n) is 4.25. The number of carbonyl (C=O) groups is 2. The number of allylic oxidation sites excluding steroid dienone is 1. The molecule has 1 unspecified atom stereocenters. The normalized spacial score (nSPS) is 12.0. The van der Waals surface area contributed by atoms with Gasteiger partial charge in [0.2, 0.25) is 11.9 Å². The fourth-order valence-corrected chi connectivity index (χ4v) is 4.98. The van der Waals surface area contributed by atoms with Gasteiger partial charge in [-0.05, 0) is 48.4 Å². The first-order chi connectivity index (χ1) is 18.9. The zero-order valence-electron chi connectivity index (χ0n) is 21.9. The first-order valence-corrected chi connectivity index (χ1v) is 13.3. The predicted molar refractivity (Wildman–Crippen MR) is 153 cm³/mol. The van der Waals surface area contributed by atoms with E-state index in [0.717, 1.165) is 27.1 Å². The number of hydrogen-bond acceptors (Lipinski definition) is 7. The summed E-state index contributed by atoms with van der Waals surface area (Å²) in [6.45, 7) is 3.37. The highest BCUT2D eigenvalue weighted by atomic mass is 32.1. The molecule has 0 spiro atoms. The van der Waals surface area contributed by atoms with Gasteiger partial charge in [0.15, 0.2) is 12.2 Å². The van der Waals surface area contributed by atoms with Crippen LogP contribution in [-0.2, 0) is 9.59 Å². The Balaban J connectivity index is 1.40. The van der Waals surface area contributed by atoms with Gasteiger partial charge in [-0.15, -0.1) is 11.3 Å². The van der Waals surface area contributed by atoms with E-state index in [2.05, 4.69) is 25.6 Å². The number of carbonyl (C=O) groups excluding carboxylic acids is 2. The molecule has 198 valence electrons. The van der Waals surface area contributed by atoms with E-state index >= 15 is 0 Å². The first-order valence-electron chi connectivity index (χ1n) is 12.5. The maximum absolute atomic E-state index is 13.0. The van der Waals surface area contributed by atoms with Crippen molar-refractivity contribution < 1.29 is 14.3 Å². The molecule has 4 rings (SSSR count). The monoisotopic (exact) mass is 541 g/mol. The average Bonchev–Trinajstić information content (AvgIpc) is 3.42. The lowest BCUT2D eigenvalue weighted by Crippen LogP contribution is -2.33. The van der Waals surface area contributed by atoms with Gasteiger partial charge in [0.25, 0.3) is 5.91 Å². The molecule has 39 heavy (non-hydrogen) atoms. The van der Waals surface area contributed by atoms with E-state index in [0.29, 0.717) is 28.4 Å². The molecule has 0 bridgehead atoms. The molecule has 1 atom stereocenters. The Morgan fingerprint density at radius 1 is 1.05 bits per heavy atom. The third kappa shape index (κ3) is 6.66. The van der Waals surface area contributed by atoms with Gasteiger partial charge in [0.1, 0.15) is 0 Å². The Morgan fingerprint density at radius 3 is 2.54 bits per heavy atom. The smallest absolute Gasteiger partial charge is 0.253 e. The van der Waals surface area contributed by atoms with Crippen LogP contribution in [0.15, 0.2) is 78.6 Å².